The maximum absolute atomic E-state index is 13.4. The molecule has 3 atom stereocenters. The Morgan fingerprint density at radius 1 is 1.16 bits per heavy atom. The van der Waals surface area contributed by atoms with Gasteiger partial charge < -0.3 is 10.0 Å². The Hall–Kier alpha value is -3.28. The predicted octanol–water partition coefficient (Wildman–Crippen LogP) is 2.32. The second kappa shape index (κ2) is 8.10. The topological polar surface area (TPSA) is 102 Å². The molecule has 3 heterocycles. The minimum absolute atomic E-state index is 0.0850. The summed E-state index contributed by atoms with van der Waals surface area (Å²) in [7, 11) is 0. The van der Waals surface area contributed by atoms with Crippen molar-refractivity contribution in [1.29, 1.82) is 0 Å². The van der Waals surface area contributed by atoms with Crippen LogP contribution < -0.4 is 0 Å². The van der Waals surface area contributed by atoms with Crippen molar-refractivity contribution in [2.75, 3.05) is 6.54 Å². The van der Waals surface area contributed by atoms with Gasteiger partial charge in [0.25, 0.3) is 5.91 Å². The summed E-state index contributed by atoms with van der Waals surface area (Å²) in [6, 6.07) is 6.44. The third kappa shape index (κ3) is 4.15. The lowest BCUT2D eigenvalue weighted by molar-refractivity contribution is -0.208. The molecule has 0 aliphatic carbocycles. The number of aromatic nitrogens is 6. The van der Waals surface area contributed by atoms with Crippen molar-refractivity contribution in [3.8, 4) is 5.69 Å². The van der Waals surface area contributed by atoms with E-state index in [4.69, 9.17) is 0 Å². The van der Waals surface area contributed by atoms with E-state index >= 15 is 0 Å². The van der Waals surface area contributed by atoms with Crippen molar-refractivity contribution in [2.45, 2.75) is 44.1 Å². The number of hydrogen-bond donors (Lipinski definition) is 1. The lowest BCUT2D eigenvalue weighted by atomic mass is 9.98. The van der Waals surface area contributed by atoms with E-state index in [1.807, 2.05) is 6.92 Å². The number of alkyl halides is 3. The van der Waals surface area contributed by atoms with Gasteiger partial charge in [0, 0.05) is 12.6 Å². The molecule has 0 unspecified atom stereocenters. The number of benzene rings is 1. The van der Waals surface area contributed by atoms with Gasteiger partial charge in [-0.3, -0.25) is 4.79 Å². The van der Waals surface area contributed by atoms with Crippen LogP contribution in [-0.2, 0) is 0 Å². The van der Waals surface area contributed by atoms with Crippen molar-refractivity contribution >= 4 is 5.91 Å². The van der Waals surface area contributed by atoms with Crippen molar-refractivity contribution < 1.29 is 23.1 Å². The number of para-hydroxylation sites is 1. The Morgan fingerprint density at radius 2 is 1.87 bits per heavy atom. The Morgan fingerprint density at radius 3 is 2.58 bits per heavy atom. The van der Waals surface area contributed by atoms with Gasteiger partial charge in [0.2, 0.25) is 0 Å². The SMILES string of the molecule is C[C@@H]1CC[C@@H](n2ncc([C@@H](O)C(F)(F)F)n2)CN1C(=O)c1ccccc1-n1nccn1. The fraction of sp³-hybridized carbons (Fsp3) is 0.421. The molecule has 3 aromatic rings. The van der Waals surface area contributed by atoms with E-state index < -0.39 is 24.0 Å². The summed E-state index contributed by atoms with van der Waals surface area (Å²) in [5, 5.41) is 25.3. The zero-order valence-electron chi connectivity index (χ0n) is 16.5. The molecule has 0 radical (unpaired) electrons. The molecule has 164 valence electrons. The first-order valence-electron chi connectivity index (χ1n) is 9.69. The van der Waals surface area contributed by atoms with Gasteiger partial charge in [0.1, 0.15) is 5.69 Å². The first kappa shape index (κ1) is 21.0. The summed E-state index contributed by atoms with van der Waals surface area (Å²) < 4.78 is 38.3. The van der Waals surface area contributed by atoms with Crippen molar-refractivity contribution in [3.63, 3.8) is 0 Å². The second-order valence-electron chi connectivity index (χ2n) is 7.41. The molecular weight excluding hydrogens is 415 g/mol. The third-order valence-corrected chi connectivity index (χ3v) is 5.33. The van der Waals surface area contributed by atoms with E-state index in [1.165, 1.54) is 17.2 Å². The lowest BCUT2D eigenvalue weighted by Gasteiger charge is -2.37. The summed E-state index contributed by atoms with van der Waals surface area (Å²) >= 11 is 0. The van der Waals surface area contributed by atoms with E-state index in [9.17, 15) is 23.1 Å². The molecule has 1 N–H and O–H groups in total. The summed E-state index contributed by atoms with van der Waals surface area (Å²) in [5.41, 5.74) is 0.367. The minimum Gasteiger partial charge on any atom is -0.378 e. The molecule has 4 rings (SSSR count). The van der Waals surface area contributed by atoms with Crippen molar-refractivity contribution in [2.24, 2.45) is 0 Å². The van der Waals surface area contributed by atoms with Crippen LogP contribution in [0.3, 0.4) is 0 Å². The molecule has 1 amide bonds. The molecule has 12 heteroatoms. The van der Waals surface area contributed by atoms with Crippen LogP contribution in [0.15, 0.2) is 42.9 Å². The average molecular weight is 435 g/mol. The first-order valence-corrected chi connectivity index (χ1v) is 9.69. The van der Waals surface area contributed by atoms with E-state index in [-0.39, 0.29) is 18.5 Å². The maximum Gasteiger partial charge on any atom is 0.420 e. The van der Waals surface area contributed by atoms with Gasteiger partial charge in [0.15, 0.2) is 6.10 Å². The Kier molecular flexibility index (Phi) is 5.48. The minimum atomic E-state index is -4.83. The number of carbonyl (C=O) groups excluding carboxylic acids is 1. The lowest BCUT2D eigenvalue weighted by Crippen LogP contribution is -2.46. The highest BCUT2D eigenvalue weighted by Crippen LogP contribution is 2.32. The number of amides is 1. The molecule has 0 spiro atoms. The van der Waals surface area contributed by atoms with Gasteiger partial charge in [-0.1, -0.05) is 12.1 Å². The number of piperidine rings is 1. The molecule has 1 aliphatic heterocycles. The maximum atomic E-state index is 13.4. The van der Waals surface area contributed by atoms with Gasteiger partial charge in [-0.2, -0.15) is 43.2 Å². The standard InChI is InChI=1S/C19H20F3N7O2/c1-12-6-7-13(28-25-10-15(26-28)17(30)19(20,21)22)11-27(12)18(31)14-4-2-3-5-16(14)29-23-8-9-24-29/h2-5,8-10,12-13,17,30H,6-7,11H2,1H3/t12-,13-,17-/m1/s1. The number of aliphatic hydroxyl groups is 1. The Balaban J connectivity index is 1.57. The van der Waals surface area contributed by atoms with E-state index in [0.29, 0.717) is 24.1 Å². The molecule has 0 saturated carbocycles. The number of halogens is 3. The fourth-order valence-electron chi connectivity index (χ4n) is 3.64. The highest BCUT2D eigenvalue weighted by molar-refractivity contribution is 5.98. The van der Waals surface area contributed by atoms with Crippen LogP contribution in [0.25, 0.3) is 5.69 Å². The number of aliphatic hydroxyl groups excluding tert-OH is 1. The molecule has 1 aliphatic rings. The highest BCUT2D eigenvalue weighted by Gasteiger charge is 2.42. The van der Waals surface area contributed by atoms with Crippen LogP contribution in [0.2, 0.25) is 0 Å². The molecule has 1 fully saturated rings. The van der Waals surface area contributed by atoms with Crippen LogP contribution in [0.4, 0.5) is 13.2 Å². The van der Waals surface area contributed by atoms with Gasteiger partial charge in [0.05, 0.1) is 35.9 Å². The van der Waals surface area contributed by atoms with Crippen molar-refractivity contribution in [1.82, 2.24) is 34.9 Å². The molecule has 2 aromatic heterocycles. The Labute approximate surface area is 175 Å². The second-order valence-corrected chi connectivity index (χ2v) is 7.41. The smallest absolute Gasteiger partial charge is 0.378 e. The number of likely N-dealkylation sites (tertiary alicyclic amines) is 1. The largest absolute Gasteiger partial charge is 0.420 e. The summed E-state index contributed by atoms with van der Waals surface area (Å²) in [6.07, 6.45) is -2.39. The zero-order valence-corrected chi connectivity index (χ0v) is 16.5. The Bertz CT molecular complexity index is 1050. The van der Waals surface area contributed by atoms with Gasteiger partial charge in [-0.15, -0.1) is 0 Å². The zero-order chi connectivity index (χ0) is 22.2. The molecular formula is C19H20F3N7O2. The molecule has 9 nitrogen and oxygen atoms in total. The van der Waals surface area contributed by atoms with Crippen LogP contribution in [-0.4, -0.2) is 64.7 Å². The van der Waals surface area contributed by atoms with Crippen LogP contribution >= 0.6 is 0 Å². The molecule has 0 bridgehead atoms. The number of hydrogen-bond acceptors (Lipinski definition) is 6. The van der Waals surface area contributed by atoms with Gasteiger partial charge in [-0.05, 0) is 31.9 Å². The number of rotatable bonds is 4. The number of nitrogens with zero attached hydrogens (tertiary/aromatic N) is 7. The van der Waals surface area contributed by atoms with E-state index in [1.54, 1.807) is 29.2 Å². The van der Waals surface area contributed by atoms with Crippen LogP contribution in [0.5, 0.6) is 0 Å². The molecule has 1 saturated heterocycles. The average Bonchev–Trinajstić information content (AvgIpc) is 3.45. The van der Waals surface area contributed by atoms with Crippen LogP contribution in [0.1, 0.15) is 48.0 Å². The highest BCUT2D eigenvalue weighted by atomic mass is 19.4. The normalized spacial score (nSPS) is 20.6. The quantitative estimate of drug-likeness (QED) is 0.675. The van der Waals surface area contributed by atoms with Gasteiger partial charge >= 0.3 is 6.18 Å². The summed E-state index contributed by atoms with van der Waals surface area (Å²) in [4.78, 5) is 17.5. The summed E-state index contributed by atoms with van der Waals surface area (Å²) in [6.45, 7) is 2.13. The molecule has 31 heavy (non-hydrogen) atoms. The van der Waals surface area contributed by atoms with E-state index in [0.717, 1.165) is 11.0 Å². The first-order chi connectivity index (χ1) is 14.8. The van der Waals surface area contributed by atoms with Crippen LogP contribution in [0, 0.1) is 0 Å². The third-order valence-electron chi connectivity index (χ3n) is 5.33. The van der Waals surface area contributed by atoms with Crippen molar-refractivity contribution in [3.05, 3.63) is 54.1 Å². The van der Waals surface area contributed by atoms with Gasteiger partial charge in [-0.25, -0.2) is 0 Å². The van der Waals surface area contributed by atoms with E-state index in [2.05, 4.69) is 20.4 Å². The molecule has 1 aromatic carbocycles. The predicted molar refractivity (Wildman–Crippen MR) is 101 cm³/mol. The summed E-state index contributed by atoms with van der Waals surface area (Å²) in [5.74, 6) is -0.243. The number of carbonyl (C=O) groups is 1. The fourth-order valence-corrected chi connectivity index (χ4v) is 3.64. The monoisotopic (exact) mass is 435 g/mol.